The van der Waals surface area contributed by atoms with Gasteiger partial charge in [-0.2, -0.15) is 5.10 Å². The van der Waals surface area contributed by atoms with E-state index >= 15 is 0 Å². The molecule has 1 aliphatic heterocycles. The molecule has 0 unspecified atom stereocenters. The standard InChI is InChI=1S/C26H20Cl4N2/c27-20-11-5-12-21(28)19(20)15-16-7-4-10-18-25(16)31-32(17-8-2-1-3-9-17)26(18)24-22(29)13-6-14-23(24)30/h1-3,5-6,8-9,11-15,18,26H,4,7,10H2/b16-15+/t18-,26-/m1/s1. The van der Waals surface area contributed by atoms with Crippen LogP contribution in [0.15, 0.2) is 77.4 Å². The van der Waals surface area contributed by atoms with Gasteiger partial charge in [-0.25, -0.2) is 0 Å². The number of hydrogen-bond acceptors (Lipinski definition) is 2. The number of para-hydroxylation sites is 1. The topological polar surface area (TPSA) is 15.6 Å². The molecule has 2 atom stereocenters. The number of nitrogens with zero attached hydrogens (tertiary/aromatic N) is 2. The molecule has 3 aromatic carbocycles. The normalized spacial score (nSPS) is 21.6. The highest BCUT2D eigenvalue weighted by Crippen LogP contribution is 2.49. The maximum absolute atomic E-state index is 6.69. The maximum Gasteiger partial charge on any atom is 0.0888 e. The molecular formula is C26H20Cl4N2. The van der Waals surface area contributed by atoms with Crippen LogP contribution in [0, 0.1) is 5.92 Å². The summed E-state index contributed by atoms with van der Waals surface area (Å²) in [5.41, 5.74) is 4.96. The van der Waals surface area contributed by atoms with Crippen LogP contribution in [0.4, 0.5) is 5.69 Å². The highest BCUT2D eigenvalue weighted by molar-refractivity contribution is 6.37. The van der Waals surface area contributed by atoms with E-state index in [4.69, 9.17) is 51.5 Å². The molecular weight excluding hydrogens is 482 g/mol. The minimum Gasteiger partial charge on any atom is -0.257 e. The van der Waals surface area contributed by atoms with Crippen molar-refractivity contribution in [2.45, 2.75) is 25.3 Å². The Kier molecular flexibility index (Phi) is 6.22. The van der Waals surface area contributed by atoms with Crippen LogP contribution in [0.25, 0.3) is 6.08 Å². The van der Waals surface area contributed by atoms with Crippen molar-refractivity contribution in [3.63, 3.8) is 0 Å². The van der Waals surface area contributed by atoms with Gasteiger partial charge in [0.25, 0.3) is 0 Å². The summed E-state index contributed by atoms with van der Waals surface area (Å²) in [6.07, 6.45) is 5.05. The molecule has 1 saturated carbocycles. The number of hydrogen-bond donors (Lipinski definition) is 0. The molecule has 6 heteroatoms. The zero-order valence-corrected chi connectivity index (χ0v) is 20.1. The predicted octanol–water partition coefficient (Wildman–Crippen LogP) is 9.10. The summed E-state index contributed by atoms with van der Waals surface area (Å²) in [4.78, 5) is 0. The Labute approximate surface area is 208 Å². The van der Waals surface area contributed by atoms with Crippen molar-refractivity contribution in [2.75, 3.05) is 5.01 Å². The van der Waals surface area contributed by atoms with Crippen molar-refractivity contribution in [1.82, 2.24) is 0 Å². The van der Waals surface area contributed by atoms with E-state index in [1.165, 1.54) is 0 Å². The second-order valence-corrected chi connectivity index (χ2v) is 9.68. The van der Waals surface area contributed by atoms with Crippen molar-refractivity contribution in [3.8, 4) is 0 Å². The van der Waals surface area contributed by atoms with Crippen molar-refractivity contribution in [2.24, 2.45) is 11.0 Å². The number of allylic oxidation sites excluding steroid dienone is 1. The van der Waals surface area contributed by atoms with Crippen LogP contribution in [0.3, 0.4) is 0 Å². The van der Waals surface area contributed by atoms with Gasteiger partial charge in [-0.05, 0) is 67.3 Å². The summed E-state index contributed by atoms with van der Waals surface area (Å²) in [6.45, 7) is 0. The Morgan fingerprint density at radius 3 is 2.06 bits per heavy atom. The molecule has 0 amide bonds. The minimum absolute atomic E-state index is 0.0842. The van der Waals surface area contributed by atoms with Crippen molar-refractivity contribution in [1.29, 1.82) is 0 Å². The van der Waals surface area contributed by atoms with E-state index in [0.717, 1.165) is 47.4 Å². The molecule has 0 spiro atoms. The number of rotatable bonds is 3. The van der Waals surface area contributed by atoms with Gasteiger partial charge in [0.2, 0.25) is 0 Å². The van der Waals surface area contributed by atoms with E-state index in [0.29, 0.717) is 20.1 Å². The van der Waals surface area contributed by atoms with Crippen molar-refractivity contribution < 1.29 is 0 Å². The summed E-state index contributed by atoms with van der Waals surface area (Å²) < 4.78 is 0. The van der Waals surface area contributed by atoms with Crippen LogP contribution >= 0.6 is 46.4 Å². The smallest absolute Gasteiger partial charge is 0.0888 e. The fraction of sp³-hybridized carbons (Fsp3) is 0.192. The number of anilines is 1. The molecule has 5 rings (SSSR count). The van der Waals surface area contributed by atoms with Crippen LogP contribution in [0.2, 0.25) is 20.1 Å². The van der Waals surface area contributed by atoms with Crippen LogP contribution in [-0.4, -0.2) is 5.71 Å². The Morgan fingerprint density at radius 2 is 1.41 bits per heavy atom. The predicted molar refractivity (Wildman–Crippen MR) is 137 cm³/mol. The van der Waals surface area contributed by atoms with E-state index in [9.17, 15) is 0 Å². The number of fused-ring (bicyclic) bond motifs is 1. The van der Waals surface area contributed by atoms with Crippen molar-refractivity contribution >= 4 is 63.9 Å². The second-order valence-electron chi connectivity index (χ2n) is 8.05. The third-order valence-corrected chi connectivity index (χ3v) is 7.45. The van der Waals surface area contributed by atoms with Gasteiger partial charge in [-0.3, -0.25) is 5.01 Å². The lowest BCUT2D eigenvalue weighted by molar-refractivity contribution is 0.488. The first-order chi connectivity index (χ1) is 15.5. The van der Waals surface area contributed by atoms with E-state index in [1.807, 2.05) is 54.6 Å². The Hall–Kier alpha value is -1.97. The summed E-state index contributed by atoms with van der Waals surface area (Å²) in [5.74, 6) is 0.161. The lowest BCUT2D eigenvalue weighted by atomic mass is 9.77. The van der Waals surface area contributed by atoms with Crippen LogP contribution in [0.1, 0.15) is 36.4 Å². The molecule has 0 N–H and O–H groups in total. The quantitative estimate of drug-likeness (QED) is 0.349. The molecule has 1 aliphatic carbocycles. The summed E-state index contributed by atoms with van der Waals surface area (Å²) in [7, 11) is 0. The van der Waals surface area contributed by atoms with Crippen molar-refractivity contribution in [3.05, 3.63) is 104 Å². The van der Waals surface area contributed by atoms with Gasteiger partial charge in [0.05, 0.1) is 17.4 Å². The van der Waals surface area contributed by atoms with Crippen LogP contribution in [-0.2, 0) is 0 Å². The fourth-order valence-electron chi connectivity index (χ4n) is 4.69. The first kappa shape index (κ1) is 21.9. The van der Waals surface area contributed by atoms with Gasteiger partial charge in [0.15, 0.2) is 0 Å². The first-order valence-corrected chi connectivity index (χ1v) is 12.1. The monoisotopic (exact) mass is 500 g/mol. The van der Waals surface area contributed by atoms with Crippen LogP contribution in [0.5, 0.6) is 0 Å². The highest BCUT2D eigenvalue weighted by Gasteiger charge is 2.43. The molecule has 162 valence electrons. The Bertz CT molecular complexity index is 1180. The Balaban J connectivity index is 1.66. The lowest BCUT2D eigenvalue weighted by Crippen LogP contribution is -2.28. The third-order valence-electron chi connectivity index (χ3n) is 6.14. The maximum atomic E-state index is 6.69. The second kappa shape index (κ2) is 9.11. The van der Waals surface area contributed by atoms with Gasteiger partial charge >= 0.3 is 0 Å². The molecule has 0 aromatic heterocycles. The van der Waals surface area contributed by atoms with Gasteiger partial charge in [0, 0.05) is 37.1 Å². The SMILES string of the molecule is Clc1cccc(Cl)c1/C=C1\CCC[C@@H]2C1=NN(c1ccccc1)[C@H]2c1c(Cl)cccc1Cl. The largest absolute Gasteiger partial charge is 0.257 e. The number of hydrazone groups is 1. The molecule has 32 heavy (non-hydrogen) atoms. The van der Waals surface area contributed by atoms with Gasteiger partial charge in [-0.15, -0.1) is 0 Å². The number of halogens is 4. The van der Waals surface area contributed by atoms with E-state index in [1.54, 1.807) is 0 Å². The molecule has 2 aliphatic rings. The van der Waals surface area contributed by atoms with Gasteiger partial charge in [-0.1, -0.05) is 76.7 Å². The van der Waals surface area contributed by atoms with Crippen LogP contribution < -0.4 is 5.01 Å². The zero-order chi connectivity index (χ0) is 22.2. The van der Waals surface area contributed by atoms with E-state index in [2.05, 4.69) is 23.2 Å². The lowest BCUT2D eigenvalue weighted by Gasteiger charge is -2.31. The molecule has 0 saturated heterocycles. The summed E-state index contributed by atoms with van der Waals surface area (Å²) in [5, 5.41) is 9.79. The molecule has 0 bridgehead atoms. The van der Waals surface area contributed by atoms with E-state index in [-0.39, 0.29) is 12.0 Å². The highest BCUT2D eigenvalue weighted by atomic mass is 35.5. The molecule has 1 fully saturated rings. The first-order valence-electron chi connectivity index (χ1n) is 10.6. The minimum atomic E-state index is -0.0842. The zero-order valence-electron chi connectivity index (χ0n) is 17.1. The third kappa shape index (κ3) is 3.95. The average molecular weight is 502 g/mol. The average Bonchev–Trinajstić information content (AvgIpc) is 3.17. The fourth-order valence-corrected chi connectivity index (χ4v) is 5.82. The molecule has 2 nitrogen and oxygen atoms in total. The molecule has 3 aromatic rings. The molecule has 0 radical (unpaired) electrons. The summed E-state index contributed by atoms with van der Waals surface area (Å²) in [6, 6.07) is 21.3. The van der Waals surface area contributed by atoms with Gasteiger partial charge in [0.1, 0.15) is 0 Å². The summed E-state index contributed by atoms with van der Waals surface area (Å²) >= 11 is 26.3. The number of benzene rings is 3. The Morgan fingerprint density at radius 1 is 0.781 bits per heavy atom. The van der Waals surface area contributed by atoms with E-state index < -0.39 is 0 Å². The molecule has 1 heterocycles. The van der Waals surface area contributed by atoms with Gasteiger partial charge < -0.3 is 0 Å².